The van der Waals surface area contributed by atoms with Crippen LogP contribution in [0.25, 0.3) is 86.6 Å². The Bertz CT molecular complexity index is 4480. The van der Waals surface area contributed by atoms with Gasteiger partial charge >= 0.3 is 0 Å². The first-order valence-electron chi connectivity index (χ1n) is 25.0. The van der Waals surface area contributed by atoms with Crippen LogP contribution in [0, 0.1) is 0 Å². The molecule has 1 N–H and O–H groups in total. The van der Waals surface area contributed by atoms with Crippen LogP contribution in [0.15, 0.2) is 229 Å². The van der Waals surface area contributed by atoms with Crippen LogP contribution in [0.2, 0.25) is 0 Å². The molecule has 4 nitrogen and oxygen atoms in total. The fraction of sp³-hybridized carbons (Fsp3) is 0.0149. The Morgan fingerprint density at radius 1 is 0.440 bits per heavy atom. The fourth-order valence-electron chi connectivity index (χ4n) is 12.4. The molecule has 344 valence electrons. The highest BCUT2D eigenvalue weighted by Crippen LogP contribution is 2.64. The third kappa shape index (κ3) is 6.21. The van der Waals surface area contributed by atoms with Gasteiger partial charge in [0.2, 0.25) is 0 Å². The topological polar surface area (TPSA) is 45.8 Å². The van der Waals surface area contributed by atoms with Crippen LogP contribution < -0.4 is 26.0 Å². The van der Waals surface area contributed by atoms with E-state index < -0.39 is 5.41 Å². The number of furan rings is 1. The molecule has 0 fully saturated rings. The zero-order chi connectivity index (χ0) is 50.1. The smallest absolute Gasteiger partial charge is 0.140 e. The summed E-state index contributed by atoms with van der Waals surface area (Å²) in [4.78, 5) is 2.30. The molecule has 2 aromatic heterocycles. The third-order valence-corrected chi connectivity index (χ3v) is 16.8. The quantitative estimate of drug-likeness (QED) is 0.169. The molecule has 13 aromatic rings. The van der Waals surface area contributed by atoms with Crippen LogP contribution in [0.4, 0.5) is 17.1 Å². The minimum Gasteiger partial charge on any atom is -0.508 e. The number of hydrogen-bond donors (Lipinski definition) is 1. The maximum Gasteiger partial charge on any atom is 0.140 e. The number of para-hydroxylation sites is 2. The van der Waals surface area contributed by atoms with Crippen molar-refractivity contribution >= 4 is 110 Å². The van der Waals surface area contributed by atoms with Gasteiger partial charge in [-0.15, -0.1) is 11.3 Å². The number of anilines is 3. The Kier molecular flexibility index (Phi) is 9.61. The fourth-order valence-corrected chi connectivity index (χ4v) is 13.6. The van der Waals surface area contributed by atoms with Gasteiger partial charge in [0.05, 0.1) is 16.5 Å². The summed E-state index contributed by atoms with van der Waals surface area (Å²) >= 11 is 1.65. The van der Waals surface area contributed by atoms with Crippen LogP contribution in [0.3, 0.4) is 0 Å². The van der Waals surface area contributed by atoms with E-state index in [2.05, 4.69) is 175 Å². The highest BCUT2D eigenvalue weighted by molar-refractivity contribution is 7.26. The van der Waals surface area contributed by atoms with Crippen LogP contribution in [-0.4, -0.2) is 28.6 Å². The van der Waals surface area contributed by atoms with Crippen molar-refractivity contribution in [2.75, 3.05) is 4.90 Å². The molecule has 1 spiro atoms. The molecule has 11 aromatic carbocycles. The molecule has 1 aliphatic heterocycles. The molecule has 2 aliphatic rings. The first kappa shape index (κ1) is 43.6. The third-order valence-electron chi connectivity index (χ3n) is 15.6. The second-order valence-corrected chi connectivity index (χ2v) is 20.5. The number of nitrogens with zero attached hydrogens (tertiary/aromatic N) is 1. The molecular formula is C67H38B3NO3S. The lowest BCUT2D eigenvalue weighted by Crippen LogP contribution is -2.36. The molecule has 6 radical (unpaired) electrons. The predicted octanol–water partition coefficient (Wildman–Crippen LogP) is 15.0. The van der Waals surface area contributed by atoms with Gasteiger partial charge in [-0.05, 0) is 99.6 Å². The van der Waals surface area contributed by atoms with Gasteiger partial charge in [-0.1, -0.05) is 180 Å². The van der Waals surface area contributed by atoms with Gasteiger partial charge < -0.3 is 19.2 Å². The lowest BCUT2D eigenvalue weighted by atomic mass is 9.64. The number of benzene rings is 11. The van der Waals surface area contributed by atoms with Gasteiger partial charge in [-0.25, -0.2) is 0 Å². The molecule has 0 saturated heterocycles. The number of phenols is 1. The Hall–Kier alpha value is -8.97. The molecule has 0 saturated carbocycles. The molecule has 0 amide bonds. The van der Waals surface area contributed by atoms with Crippen LogP contribution in [0.1, 0.15) is 22.3 Å². The molecule has 8 heteroatoms. The van der Waals surface area contributed by atoms with E-state index in [4.69, 9.17) is 32.7 Å². The number of thiophene rings is 1. The number of fused-ring (bicyclic) bond motifs is 15. The Balaban J connectivity index is 1.09. The molecule has 75 heavy (non-hydrogen) atoms. The van der Waals surface area contributed by atoms with E-state index in [-0.39, 0.29) is 22.1 Å². The van der Waals surface area contributed by atoms with Gasteiger partial charge in [-0.3, -0.25) is 0 Å². The van der Waals surface area contributed by atoms with E-state index >= 15 is 0 Å². The van der Waals surface area contributed by atoms with Crippen LogP contribution in [0.5, 0.6) is 17.2 Å². The average Bonchev–Trinajstić information content (AvgIpc) is 4.13. The van der Waals surface area contributed by atoms with Gasteiger partial charge in [-0.2, -0.15) is 0 Å². The number of hydrogen-bond acceptors (Lipinski definition) is 5. The molecular weight excluding hydrogens is 931 g/mol. The first-order valence-corrected chi connectivity index (χ1v) is 25.8. The second kappa shape index (κ2) is 16.5. The van der Waals surface area contributed by atoms with E-state index in [0.717, 1.165) is 109 Å². The maximum absolute atomic E-state index is 12.3. The standard InChI is InChI=1S/C67H38B3NO3S/c68-61-59(62(69)63(70)64(72)60(61)46-25-15-24-45-44-23-9-14-32-57(44)75-66(45)46)48-36-41(37-52-65(48)74-55-30-13-12-28-51(55)67(52)49-26-10-7-21-42(49)43-22-8-11-27-50(43)67)71(40-19-5-2-6-20-40)53-29-16-31-56-58(53)47-35-39(33-34-54(47)73-56)38-17-3-1-4-18-38/h1-37,72H. The minimum absolute atomic E-state index is 0.0257. The summed E-state index contributed by atoms with van der Waals surface area (Å²) in [7, 11) is 22.1. The predicted molar refractivity (Wildman–Crippen MR) is 313 cm³/mol. The Labute approximate surface area is 441 Å². The van der Waals surface area contributed by atoms with E-state index in [1.807, 2.05) is 54.6 Å². The average molecular weight is 970 g/mol. The minimum atomic E-state index is -0.888. The molecule has 15 rings (SSSR count). The lowest BCUT2D eigenvalue weighted by Gasteiger charge is -2.41. The monoisotopic (exact) mass is 969 g/mol. The first-order chi connectivity index (χ1) is 36.9. The SMILES string of the molecule is [B]c1c([B])c(-c2cc(N(c3ccccc3)c3cccc4oc5ccc(-c6ccccc6)cc5c34)cc3c2Oc2ccccc2C32c3ccccc3-c3ccccc32)c([B])c(-c2cccc3c2sc2ccccc23)c1O. The number of ether oxygens (including phenoxy) is 1. The lowest BCUT2D eigenvalue weighted by molar-refractivity contribution is 0.438. The van der Waals surface area contributed by atoms with E-state index in [9.17, 15) is 5.11 Å². The molecule has 1 aliphatic carbocycles. The summed E-state index contributed by atoms with van der Waals surface area (Å²) in [6.07, 6.45) is 0. The molecule has 0 bridgehead atoms. The van der Waals surface area contributed by atoms with Gasteiger partial charge in [0, 0.05) is 64.8 Å². The summed E-state index contributed by atoms with van der Waals surface area (Å²) in [6, 6.07) is 78.1. The van der Waals surface area contributed by atoms with Gasteiger partial charge in [0.1, 0.15) is 52.0 Å². The normalized spacial score (nSPS) is 13.0. The molecule has 0 unspecified atom stereocenters. The van der Waals surface area contributed by atoms with Gasteiger partial charge in [0.15, 0.2) is 0 Å². The zero-order valence-electron chi connectivity index (χ0n) is 40.2. The maximum atomic E-state index is 12.3. The van der Waals surface area contributed by atoms with Crippen molar-refractivity contribution < 1.29 is 14.3 Å². The van der Waals surface area contributed by atoms with E-state index in [1.54, 1.807) is 11.3 Å². The Morgan fingerprint density at radius 2 is 1.09 bits per heavy atom. The summed E-state index contributed by atoms with van der Waals surface area (Å²) in [5.41, 5.74) is 14.5. The summed E-state index contributed by atoms with van der Waals surface area (Å²) in [6.45, 7) is 0. The zero-order valence-corrected chi connectivity index (χ0v) is 41.0. The van der Waals surface area contributed by atoms with E-state index in [0.29, 0.717) is 28.2 Å². The summed E-state index contributed by atoms with van der Waals surface area (Å²) < 4.78 is 16.2. The number of rotatable bonds is 6. The van der Waals surface area contributed by atoms with Crippen molar-refractivity contribution in [3.63, 3.8) is 0 Å². The van der Waals surface area contributed by atoms with Crippen LogP contribution >= 0.6 is 11.3 Å². The van der Waals surface area contributed by atoms with E-state index in [1.165, 1.54) is 0 Å². The Morgan fingerprint density at radius 3 is 1.88 bits per heavy atom. The number of phenolic OH excluding ortho intramolecular Hbond substituents is 1. The second-order valence-electron chi connectivity index (χ2n) is 19.4. The highest BCUT2D eigenvalue weighted by atomic mass is 32.1. The van der Waals surface area contributed by atoms with Crippen molar-refractivity contribution in [3.8, 4) is 61.8 Å². The van der Waals surface area contributed by atoms with Crippen molar-refractivity contribution in [1.82, 2.24) is 0 Å². The van der Waals surface area contributed by atoms with Crippen molar-refractivity contribution in [2.45, 2.75) is 5.41 Å². The highest BCUT2D eigenvalue weighted by Gasteiger charge is 2.52. The van der Waals surface area contributed by atoms with Crippen LogP contribution in [-0.2, 0) is 5.41 Å². The van der Waals surface area contributed by atoms with Crippen molar-refractivity contribution in [1.29, 1.82) is 0 Å². The summed E-state index contributed by atoms with van der Waals surface area (Å²) in [5.74, 6) is 1.10. The number of aromatic hydroxyl groups is 1. The molecule has 0 atom stereocenters. The molecule has 3 heterocycles. The summed E-state index contributed by atoms with van der Waals surface area (Å²) in [5, 5.41) is 16.4. The van der Waals surface area contributed by atoms with Crippen molar-refractivity contribution in [2.24, 2.45) is 0 Å². The van der Waals surface area contributed by atoms with Crippen molar-refractivity contribution in [3.05, 3.63) is 247 Å². The van der Waals surface area contributed by atoms with Gasteiger partial charge in [0.25, 0.3) is 0 Å². The largest absolute Gasteiger partial charge is 0.508 e.